The van der Waals surface area contributed by atoms with Crippen LogP contribution >= 0.6 is 27.5 Å². The summed E-state index contributed by atoms with van der Waals surface area (Å²) in [6.07, 6.45) is 0.875. The third-order valence-electron chi connectivity index (χ3n) is 3.42. The maximum atomic E-state index is 13.9. The van der Waals surface area contributed by atoms with Crippen molar-refractivity contribution in [1.82, 2.24) is 5.32 Å². The quantitative estimate of drug-likeness (QED) is 0.730. The highest BCUT2D eigenvalue weighted by atomic mass is 79.9. The van der Waals surface area contributed by atoms with Crippen LogP contribution in [-0.4, -0.2) is 6.04 Å². The van der Waals surface area contributed by atoms with E-state index >= 15 is 0 Å². The van der Waals surface area contributed by atoms with Gasteiger partial charge in [-0.05, 0) is 50.1 Å². The molecule has 0 aliphatic carbocycles. The van der Waals surface area contributed by atoms with Gasteiger partial charge in [-0.2, -0.15) is 0 Å². The molecule has 0 aromatic heterocycles. The summed E-state index contributed by atoms with van der Waals surface area (Å²) < 4.78 is 14.7. The van der Waals surface area contributed by atoms with Gasteiger partial charge in [-0.25, -0.2) is 4.39 Å². The second kappa shape index (κ2) is 7.39. The fourth-order valence-electron chi connectivity index (χ4n) is 2.40. The first-order chi connectivity index (χ1) is 9.95. The molecule has 4 heteroatoms. The molecule has 0 saturated carbocycles. The van der Waals surface area contributed by atoms with Gasteiger partial charge in [0.25, 0.3) is 0 Å². The molecule has 0 spiro atoms. The SMILES string of the molecule is CC(Cc1ccc(Cl)cc1)NC(C)c1ccc(Br)cc1F. The van der Waals surface area contributed by atoms with Gasteiger partial charge in [0, 0.05) is 27.1 Å². The highest BCUT2D eigenvalue weighted by Crippen LogP contribution is 2.21. The Morgan fingerprint density at radius 2 is 1.81 bits per heavy atom. The van der Waals surface area contributed by atoms with Crippen LogP contribution in [-0.2, 0) is 6.42 Å². The van der Waals surface area contributed by atoms with Gasteiger partial charge >= 0.3 is 0 Å². The van der Waals surface area contributed by atoms with Crippen molar-refractivity contribution < 1.29 is 4.39 Å². The first-order valence-corrected chi connectivity index (χ1v) is 8.08. The third-order valence-corrected chi connectivity index (χ3v) is 4.16. The molecule has 21 heavy (non-hydrogen) atoms. The Balaban J connectivity index is 1.98. The standard InChI is InChI=1S/C17H18BrClFN/c1-11(9-13-3-6-15(19)7-4-13)21-12(2)16-8-5-14(18)10-17(16)20/h3-8,10-12,21H,9H2,1-2H3. The lowest BCUT2D eigenvalue weighted by molar-refractivity contribution is 0.460. The van der Waals surface area contributed by atoms with Crippen molar-refractivity contribution in [2.24, 2.45) is 0 Å². The molecule has 0 bridgehead atoms. The molecule has 2 aromatic rings. The van der Waals surface area contributed by atoms with Crippen molar-refractivity contribution in [3.05, 3.63) is 68.9 Å². The Morgan fingerprint density at radius 1 is 1.14 bits per heavy atom. The number of rotatable bonds is 5. The zero-order valence-corrected chi connectivity index (χ0v) is 14.4. The summed E-state index contributed by atoms with van der Waals surface area (Å²) in [6, 6.07) is 13.2. The Labute approximate surface area is 138 Å². The minimum atomic E-state index is -0.192. The normalized spacial score (nSPS) is 14.0. The summed E-state index contributed by atoms with van der Waals surface area (Å²) >= 11 is 9.16. The molecule has 0 heterocycles. The average molecular weight is 371 g/mol. The molecule has 112 valence electrons. The van der Waals surface area contributed by atoms with E-state index in [2.05, 4.69) is 28.2 Å². The maximum Gasteiger partial charge on any atom is 0.129 e. The molecule has 1 N–H and O–H groups in total. The number of halogens is 3. The summed E-state index contributed by atoms with van der Waals surface area (Å²) in [5, 5.41) is 4.17. The van der Waals surface area contributed by atoms with Crippen LogP contribution in [0.2, 0.25) is 5.02 Å². The van der Waals surface area contributed by atoms with E-state index in [1.165, 1.54) is 11.6 Å². The van der Waals surface area contributed by atoms with Crippen molar-refractivity contribution in [3.8, 4) is 0 Å². The second-order valence-corrected chi connectivity index (χ2v) is 6.64. The van der Waals surface area contributed by atoms with Gasteiger partial charge in [0.05, 0.1) is 0 Å². The fourth-order valence-corrected chi connectivity index (χ4v) is 2.86. The first kappa shape index (κ1) is 16.5. The van der Waals surface area contributed by atoms with E-state index in [9.17, 15) is 4.39 Å². The first-order valence-electron chi connectivity index (χ1n) is 6.91. The van der Waals surface area contributed by atoms with E-state index in [1.54, 1.807) is 0 Å². The number of benzene rings is 2. The highest BCUT2D eigenvalue weighted by molar-refractivity contribution is 9.10. The monoisotopic (exact) mass is 369 g/mol. The predicted octanol–water partition coefficient (Wildman–Crippen LogP) is 5.52. The largest absolute Gasteiger partial charge is 0.307 e. The van der Waals surface area contributed by atoms with Crippen LogP contribution in [0, 0.1) is 5.82 Å². The molecule has 0 fully saturated rings. The lowest BCUT2D eigenvalue weighted by Crippen LogP contribution is -2.31. The molecule has 0 amide bonds. The van der Waals surface area contributed by atoms with Crippen molar-refractivity contribution in [2.45, 2.75) is 32.4 Å². The van der Waals surface area contributed by atoms with Crippen LogP contribution in [0.3, 0.4) is 0 Å². The van der Waals surface area contributed by atoms with E-state index in [-0.39, 0.29) is 17.9 Å². The van der Waals surface area contributed by atoms with Crippen LogP contribution in [0.25, 0.3) is 0 Å². The molecule has 2 unspecified atom stereocenters. The molecule has 2 aromatic carbocycles. The number of nitrogens with one attached hydrogen (secondary N) is 1. The van der Waals surface area contributed by atoms with Crippen molar-refractivity contribution in [2.75, 3.05) is 0 Å². The minimum absolute atomic E-state index is 0.0413. The summed E-state index contributed by atoms with van der Waals surface area (Å²) in [7, 11) is 0. The van der Waals surface area contributed by atoms with E-state index in [0.717, 1.165) is 15.9 Å². The van der Waals surface area contributed by atoms with Gasteiger partial charge in [0.1, 0.15) is 5.82 Å². The zero-order valence-electron chi connectivity index (χ0n) is 12.0. The molecular formula is C17H18BrClFN. The summed E-state index contributed by atoms with van der Waals surface area (Å²) in [4.78, 5) is 0. The summed E-state index contributed by atoms with van der Waals surface area (Å²) in [6.45, 7) is 4.08. The van der Waals surface area contributed by atoms with E-state index in [4.69, 9.17) is 11.6 Å². The number of hydrogen-bond donors (Lipinski definition) is 1. The van der Waals surface area contributed by atoms with Crippen LogP contribution in [0.1, 0.15) is 31.0 Å². The van der Waals surface area contributed by atoms with Crippen molar-refractivity contribution in [1.29, 1.82) is 0 Å². The van der Waals surface area contributed by atoms with Gasteiger partial charge < -0.3 is 5.32 Å². The predicted molar refractivity (Wildman–Crippen MR) is 90.3 cm³/mol. The number of hydrogen-bond acceptors (Lipinski definition) is 1. The third kappa shape index (κ3) is 4.80. The minimum Gasteiger partial charge on any atom is -0.307 e. The Morgan fingerprint density at radius 3 is 2.43 bits per heavy atom. The topological polar surface area (TPSA) is 12.0 Å². The van der Waals surface area contributed by atoms with Crippen molar-refractivity contribution in [3.63, 3.8) is 0 Å². The fraction of sp³-hybridized carbons (Fsp3) is 0.294. The lowest BCUT2D eigenvalue weighted by atomic mass is 10.0. The smallest absolute Gasteiger partial charge is 0.129 e. The van der Waals surface area contributed by atoms with Crippen LogP contribution in [0.15, 0.2) is 46.9 Å². The molecule has 0 radical (unpaired) electrons. The molecule has 0 aliphatic heterocycles. The maximum absolute atomic E-state index is 13.9. The molecule has 0 aliphatic rings. The zero-order chi connectivity index (χ0) is 15.4. The summed E-state index contributed by atoms with van der Waals surface area (Å²) in [5.74, 6) is -0.192. The Hall–Kier alpha value is -0.900. The van der Waals surface area contributed by atoms with Gasteiger partial charge in [0.2, 0.25) is 0 Å². The van der Waals surface area contributed by atoms with Crippen LogP contribution < -0.4 is 5.32 Å². The van der Waals surface area contributed by atoms with Crippen LogP contribution in [0.5, 0.6) is 0 Å². The van der Waals surface area contributed by atoms with Gasteiger partial charge in [-0.15, -0.1) is 0 Å². The molecule has 1 nitrogen and oxygen atoms in total. The van der Waals surface area contributed by atoms with Crippen molar-refractivity contribution >= 4 is 27.5 Å². The van der Waals surface area contributed by atoms with E-state index in [1.807, 2.05) is 43.3 Å². The van der Waals surface area contributed by atoms with E-state index in [0.29, 0.717) is 5.56 Å². The molecule has 0 saturated heterocycles. The Kier molecular flexibility index (Phi) is 5.80. The molecule has 2 rings (SSSR count). The van der Waals surface area contributed by atoms with Gasteiger partial charge in [0.15, 0.2) is 0 Å². The second-order valence-electron chi connectivity index (χ2n) is 5.29. The average Bonchev–Trinajstić information content (AvgIpc) is 2.41. The van der Waals surface area contributed by atoms with Crippen LogP contribution in [0.4, 0.5) is 4.39 Å². The Bertz CT molecular complexity index is 600. The summed E-state index contributed by atoms with van der Waals surface area (Å²) in [5.41, 5.74) is 1.89. The highest BCUT2D eigenvalue weighted by Gasteiger charge is 2.14. The molecular weight excluding hydrogens is 353 g/mol. The van der Waals surface area contributed by atoms with Gasteiger partial charge in [-0.3, -0.25) is 0 Å². The molecule has 2 atom stereocenters. The van der Waals surface area contributed by atoms with E-state index < -0.39 is 0 Å². The lowest BCUT2D eigenvalue weighted by Gasteiger charge is -2.21. The van der Waals surface area contributed by atoms with Gasteiger partial charge in [-0.1, -0.05) is 45.7 Å².